The van der Waals surface area contributed by atoms with Crippen LogP contribution in [0, 0.1) is 0 Å². The monoisotopic (exact) mass is 240 g/mol. The molecule has 0 heterocycles. The molecule has 4 heteroatoms. The predicted molar refractivity (Wildman–Crippen MR) is 66.3 cm³/mol. The van der Waals surface area contributed by atoms with Crippen LogP contribution in [0.3, 0.4) is 0 Å². The second kappa shape index (κ2) is 6.51. The average Bonchev–Trinajstić information content (AvgIpc) is 2.27. The van der Waals surface area contributed by atoms with Gasteiger partial charge in [0.25, 0.3) is 0 Å². The van der Waals surface area contributed by atoms with Crippen LogP contribution in [0.15, 0.2) is 24.3 Å². The van der Waals surface area contributed by atoms with Crippen LogP contribution in [0.25, 0.3) is 0 Å². The number of hydrogen-bond donors (Lipinski definition) is 2. The Morgan fingerprint density at radius 1 is 1.44 bits per heavy atom. The molecule has 0 aliphatic heterocycles. The van der Waals surface area contributed by atoms with E-state index < -0.39 is 0 Å². The maximum absolute atomic E-state index is 11.4. The van der Waals surface area contributed by atoms with Gasteiger partial charge in [0.1, 0.15) is 0 Å². The molecule has 0 bridgehead atoms. The minimum absolute atomic E-state index is 0.00991. The smallest absolute Gasteiger partial charge is 0.221 e. The Balaban J connectivity index is 2.67. The van der Waals surface area contributed by atoms with Gasteiger partial charge in [-0.05, 0) is 24.1 Å². The van der Waals surface area contributed by atoms with Crippen molar-refractivity contribution in [3.63, 3.8) is 0 Å². The lowest BCUT2D eigenvalue weighted by molar-refractivity contribution is -0.121. The molecule has 1 atom stereocenters. The molecule has 0 aliphatic rings. The van der Waals surface area contributed by atoms with Gasteiger partial charge >= 0.3 is 0 Å². The average molecular weight is 241 g/mol. The molecule has 0 radical (unpaired) electrons. The van der Waals surface area contributed by atoms with Crippen LogP contribution in [0.2, 0.25) is 5.02 Å². The summed E-state index contributed by atoms with van der Waals surface area (Å²) in [5, 5.41) is 3.64. The van der Waals surface area contributed by atoms with Crippen molar-refractivity contribution in [3.8, 4) is 0 Å². The first-order valence-corrected chi connectivity index (χ1v) is 5.80. The molecule has 0 spiro atoms. The third-order valence-electron chi connectivity index (χ3n) is 2.39. The summed E-state index contributed by atoms with van der Waals surface area (Å²) in [6.45, 7) is 2.41. The minimum atomic E-state index is -0.00991. The lowest BCUT2D eigenvalue weighted by atomic mass is 10.0. The number of carbonyl (C=O) groups is 1. The standard InChI is InChI=1S/C12H17ClN2O/c1-2-11(15-12(16)7-8-14)9-3-5-10(13)6-4-9/h3-6,11H,2,7-8,14H2,1H3,(H,15,16). The SMILES string of the molecule is CCC(NC(=O)CCN)c1ccc(Cl)cc1. The summed E-state index contributed by atoms with van der Waals surface area (Å²) in [6, 6.07) is 7.55. The molecule has 1 aromatic carbocycles. The quantitative estimate of drug-likeness (QED) is 0.830. The van der Waals surface area contributed by atoms with Crippen molar-refractivity contribution >= 4 is 17.5 Å². The van der Waals surface area contributed by atoms with Crippen LogP contribution in [-0.4, -0.2) is 12.5 Å². The van der Waals surface area contributed by atoms with Crippen LogP contribution >= 0.6 is 11.6 Å². The number of benzene rings is 1. The first kappa shape index (κ1) is 13.0. The van der Waals surface area contributed by atoms with E-state index in [-0.39, 0.29) is 11.9 Å². The Morgan fingerprint density at radius 2 is 2.06 bits per heavy atom. The van der Waals surface area contributed by atoms with Gasteiger partial charge in [0.15, 0.2) is 0 Å². The van der Waals surface area contributed by atoms with E-state index in [9.17, 15) is 4.79 Å². The highest BCUT2D eigenvalue weighted by atomic mass is 35.5. The fourth-order valence-electron chi connectivity index (χ4n) is 1.51. The summed E-state index contributed by atoms with van der Waals surface area (Å²) >= 11 is 5.81. The number of amides is 1. The van der Waals surface area contributed by atoms with Gasteiger partial charge in [-0.25, -0.2) is 0 Å². The molecule has 0 aromatic heterocycles. The highest BCUT2D eigenvalue weighted by molar-refractivity contribution is 6.30. The van der Waals surface area contributed by atoms with Gasteiger partial charge in [-0.3, -0.25) is 4.79 Å². The van der Waals surface area contributed by atoms with Crippen LogP contribution in [0.4, 0.5) is 0 Å². The first-order valence-electron chi connectivity index (χ1n) is 5.42. The number of nitrogens with one attached hydrogen (secondary N) is 1. The summed E-state index contributed by atoms with van der Waals surface area (Å²) in [5.41, 5.74) is 6.39. The highest BCUT2D eigenvalue weighted by Crippen LogP contribution is 2.19. The molecular weight excluding hydrogens is 224 g/mol. The molecule has 1 aromatic rings. The largest absolute Gasteiger partial charge is 0.349 e. The molecule has 0 aliphatic carbocycles. The van der Waals surface area contributed by atoms with Crippen LogP contribution in [0.1, 0.15) is 31.4 Å². The van der Waals surface area contributed by atoms with Crippen molar-refractivity contribution in [2.24, 2.45) is 5.73 Å². The zero-order valence-electron chi connectivity index (χ0n) is 9.37. The van der Waals surface area contributed by atoms with Crippen molar-refractivity contribution < 1.29 is 4.79 Å². The van der Waals surface area contributed by atoms with Crippen molar-refractivity contribution in [3.05, 3.63) is 34.9 Å². The number of hydrogen-bond acceptors (Lipinski definition) is 2. The van der Waals surface area contributed by atoms with E-state index >= 15 is 0 Å². The lowest BCUT2D eigenvalue weighted by Crippen LogP contribution is -2.29. The number of carbonyl (C=O) groups excluding carboxylic acids is 1. The second-order valence-electron chi connectivity index (χ2n) is 3.62. The highest BCUT2D eigenvalue weighted by Gasteiger charge is 2.11. The molecule has 0 saturated carbocycles. The van der Waals surface area contributed by atoms with Crippen molar-refractivity contribution in [1.82, 2.24) is 5.32 Å². The van der Waals surface area contributed by atoms with E-state index in [1.807, 2.05) is 31.2 Å². The fourth-order valence-corrected chi connectivity index (χ4v) is 1.64. The van der Waals surface area contributed by atoms with Crippen molar-refractivity contribution in [2.45, 2.75) is 25.8 Å². The van der Waals surface area contributed by atoms with E-state index in [1.165, 1.54) is 0 Å². The molecule has 0 fully saturated rings. The molecule has 1 unspecified atom stereocenters. The summed E-state index contributed by atoms with van der Waals surface area (Å²) in [5.74, 6) is -0.00991. The molecule has 1 rings (SSSR count). The van der Waals surface area contributed by atoms with Gasteiger partial charge in [-0.1, -0.05) is 30.7 Å². The van der Waals surface area contributed by atoms with E-state index in [0.29, 0.717) is 18.0 Å². The Kier molecular flexibility index (Phi) is 5.29. The maximum Gasteiger partial charge on any atom is 0.221 e. The fraction of sp³-hybridized carbons (Fsp3) is 0.417. The van der Waals surface area contributed by atoms with E-state index in [2.05, 4.69) is 5.32 Å². The Hall–Kier alpha value is -1.06. The van der Waals surface area contributed by atoms with Gasteiger partial charge in [-0.15, -0.1) is 0 Å². The summed E-state index contributed by atoms with van der Waals surface area (Å²) in [6.07, 6.45) is 1.21. The molecular formula is C12H17ClN2O. The minimum Gasteiger partial charge on any atom is -0.349 e. The van der Waals surface area contributed by atoms with Crippen LogP contribution < -0.4 is 11.1 Å². The third kappa shape index (κ3) is 3.83. The van der Waals surface area contributed by atoms with Crippen molar-refractivity contribution in [1.29, 1.82) is 0 Å². The lowest BCUT2D eigenvalue weighted by Gasteiger charge is -2.17. The van der Waals surface area contributed by atoms with Gasteiger partial charge in [0.2, 0.25) is 5.91 Å². The normalized spacial score (nSPS) is 12.2. The van der Waals surface area contributed by atoms with Gasteiger partial charge in [0, 0.05) is 18.0 Å². The summed E-state index contributed by atoms with van der Waals surface area (Å²) in [7, 11) is 0. The van der Waals surface area contributed by atoms with Crippen LogP contribution in [0.5, 0.6) is 0 Å². The number of rotatable bonds is 5. The first-order chi connectivity index (χ1) is 7.67. The predicted octanol–water partition coefficient (Wildman–Crippen LogP) is 2.26. The zero-order valence-corrected chi connectivity index (χ0v) is 10.1. The van der Waals surface area contributed by atoms with E-state index in [0.717, 1.165) is 12.0 Å². The van der Waals surface area contributed by atoms with E-state index in [4.69, 9.17) is 17.3 Å². The van der Waals surface area contributed by atoms with Gasteiger partial charge in [0.05, 0.1) is 6.04 Å². The molecule has 88 valence electrons. The van der Waals surface area contributed by atoms with Gasteiger partial charge < -0.3 is 11.1 Å². The number of halogens is 1. The zero-order chi connectivity index (χ0) is 12.0. The van der Waals surface area contributed by atoms with Gasteiger partial charge in [-0.2, -0.15) is 0 Å². The Bertz CT molecular complexity index is 337. The van der Waals surface area contributed by atoms with E-state index in [1.54, 1.807) is 0 Å². The third-order valence-corrected chi connectivity index (χ3v) is 2.64. The summed E-state index contributed by atoms with van der Waals surface area (Å²) in [4.78, 5) is 11.4. The van der Waals surface area contributed by atoms with Crippen LogP contribution in [-0.2, 0) is 4.79 Å². The summed E-state index contributed by atoms with van der Waals surface area (Å²) < 4.78 is 0. The topological polar surface area (TPSA) is 55.1 Å². The molecule has 0 saturated heterocycles. The molecule has 3 N–H and O–H groups in total. The van der Waals surface area contributed by atoms with Crippen molar-refractivity contribution in [2.75, 3.05) is 6.54 Å². The molecule has 16 heavy (non-hydrogen) atoms. The molecule has 3 nitrogen and oxygen atoms in total. The maximum atomic E-state index is 11.4. The molecule has 1 amide bonds. The Labute approximate surface area is 101 Å². The Morgan fingerprint density at radius 3 is 2.56 bits per heavy atom. The second-order valence-corrected chi connectivity index (χ2v) is 4.06. The number of nitrogens with two attached hydrogens (primary N) is 1.